The van der Waals surface area contributed by atoms with E-state index in [1.165, 1.54) is 31.2 Å². The van der Waals surface area contributed by atoms with E-state index in [0.717, 1.165) is 48.5 Å². The average Bonchev–Trinajstić information content (AvgIpc) is 3.26. The molecule has 0 bridgehead atoms. The van der Waals surface area contributed by atoms with Gasteiger partial charge in [0.2, 0.25) is 6.29 Å². The molecule has 3 fully saturated rings. The summed E-state index contributed by atoms with van der Waals surface area (Å²) < 4.78 is 82.0. The SMILES string of the molecule is CC(=O)OC[C@H]1OC(OC(C)=O)[C@H](OC(C)=O)[C@@H](O[C@@H]2O[C@@H](C)[C@H](OC(=O)c3ccccc3)[C@@H](OC(=O)c3ccccc3)[C@H]2O[C@@H]2OC[C@H](OC(C)=O)[C@H](OC(C)=O)[C@H]2OC(C)=O)[C@@H]1OC(C)=O. The van der Waals surface area contributed by atoms with Crippen molar-refractivity contribution < 1.29 is 109 Å². The lowest BCUT2D eigenvalue weighted by molar-refractivity contribution is -0.378. The highest BCUT2D eigenvalue weighted by Crippen LogP contribution is 2.38. The van der Waals surface area contributed by atoms with Crippen LogP contribution in [0.2, 0.25) is 0 Å². The molecule has 3 heterocycles. The zero-order valence-corrected chi connectivity index (χ0v) is 38.2. The van der Waals surface area contributed by atoms with Crippen LogP contribution in [0.1, 0.15) is 76.1 Å². The summed E-state index contributed by atoms with van der Waals surface area (Å²) in [6.07, 6.45) is -23.9. The molecular formula is C45H52O23. The third-order valence-electron chi connectivity index (χ3n) is 10.0. The molecule has 0 amide bonds. The van der Waals surface area contributed by atoms with Crippen LogP contribution in [-0.4, -0.2) is 153 Å². The Hall–Kier alpha value is -6.53. The molecule has 3 aliphatic rings. The molecule has 370 valence electrons. The van der Waals surface area contributed by atoms with E-state index >= 15 is 0 Å². The van der Waals surface area contributed by atoms with Gasteiger partial charge >= 0.3 is 53.7 Å². The van der Waals surface area contributed by atoms with Crippen LogP contribution in [-0.2, 0) is 99.9 Å². The first kappa shape index (κ1) is 52.4. The molecule has 0 radical (unpaired) electrons. The lowest BCUT2D eigenvalue weighted by atomic mass is 9.95. The molecule has 68 heavy (non-hydrogen) atoms. The second-order valence-electron chi connectivity index (χ2n) is 15.5. The number of carbonyl (C=O) groups excluding carboxylic acids is 9. The van der Waals surface area contributed by atoms with Crippen LogP contribution in [0.4, 0.5) is 0 Å². The van der Waals surface area contributed by atoms with Crippen molar-refractivity contribution in [1.82, 2.24) is 0 Å². The molecule has 2 aromatic rings. The zero-order valence-electron chi connectivity index (χ0n) is 38.2. The van der Waals surface area contributed by atoms with Crippen molar-refractivity contribution in [2.24, 2.45) is 0 Å². The monoisotopic (exact) mass is 960 g/mol. The maximum Gasteiger partial charge on any atom is 0.338 e. The van der Waals surface area contributed by atoms with Gasteiger partial charge in [-0.15, -0.1) is 0 Å². The predicted molar refractivity (Wildman–Crippen MR) is 220 cm³/mol. The van der Waals surface area contributed by atoms with Gasteiger partial charge in [0.25, 0.3) is 0 Å². The van der Waals surface area contributed by atoms with Gasteiger partial charge in [0, 0.05) is 48.5 Å². The summed E-state index contributed by atoms with van der Waals surface area (Å²) in [6, 6.07) is 15.3. The number of hydrogen-bond acceptors (Lipinski definition) is 23. The second-order valence-corrected chi connectivity index (χ2v) is 15.5. The Balaban J connectivity index is 1.71. The summed E-state index contributed by atoms with van der Waals surface area (Å²) >= 11 is 0. The number of carbonyl (C=O) groups is 9. The van der Waals surface area contributed by atoms with Crippen molar-refractivity contribution in [3.8, 4) is 0 Å². The van der Waals surface area contributed by atoms with Gasteiger partial charge in [-0.1, -0.05) is 36.4 Å². The molecule has 23 nitrogen and oxygen atoms in total. The van der Waals surface area contributed by atoms with Gasteiger partial charge in [0.1, 0.15) is 18.8 Å². The summed E-state index contributed by atoms with van der Waals surface area (Å²) in [5.74, 6) is -8.25. The Kier molecular flexibility index (Phi) is 18.5. The van der Waals surface area contributed by atoms with Crippen LogP contribution in [0.5, 0.6) is 0 Å². The molecule has 5 rings (SSSR count). The first-order valence-electron chi connectivity index (χ1n) is 21.1. The van der Waals surface area contributed by atoms with Crippen LogP contribution in [0.15, 0.2) is 60.7 Å². The smallest absolute Gasteiger partial charge is 0.338 e. The van der Waals surface area contributed by atoms with E-state index in [-0.39, 0.29) is 11.1 Å². The maximum atomic E-state index is 14.1. The Morgan fingerprint density at radius 3 is 1.40 bits per heavy atom. The van der Waals surface area contributed by atoms with Crippen LogP contribution in [0.3, 0.4) is 0 Å². The van der Waals surface area contributed by atoms with E-state index in [1.807, 2.05) is 0 Å². The number of esters is 9. The average molecular weight is 961 g/mol. The summed E-state index contributed by atoms with van der Waals surface area (Å²) in [4.78, 5) is 115. The molecule has 3 saturated heterocycles. The highest BCUT2D eigenvalue weighted by Gasteiger charge is 2.59. The predicted octanol–water partition coefficient (Wildman–Crippen LogP) is 1.82. The molecular weight excluding hydrogens is 908 g/mol. The van der Waals surface area contributed by atoms with E-state index < -0.39 is 153 Å². The number of benzene rings is 2. The maximum absolute atomic E-state index is 14.1. The van der Waals surface area contributed by atoms with Gasteiger partial charge in [0.05, 0.1) is 23.8 Å². The third kappa shape index (κ3) is 14.2. The van der Waals surface area contributed by atoms with E-state index in [1.54, 1.807) is 36.4 Å². The Bertz CT molecular complexity index is 2130. The minimum atomic E-state index is -1.96. The van der Waals surface area contributed by atoms with Crippen molar-refractivity contribution in [2.75, 3.05) is 13.2 Å². The minimum Gasteiger partial charge on any atom is -0.463 e. The molecule has 14 atom stereocenters. The molecule has 0 spiro atoms. The van der Waals surface area contributed by atoms with Crippen molar-refractivity contribution in [2.45, 2.75) is 141 Å². The zero-order chi connectivity index (χ0) is 49.8. The van der Waals surface area contributed by atoms with Gasteiger partial charge in [0.15, 0.2) is 61.4 Å². The molecule has 2 aromatic carbocycles. The van der Waals surface area contributed by atoms with Gasteiger partial charge in [-0.25, -0.2) is 9.59 Å². The van der Waals surface area contributed by atoms with Crippen molar-refractivity contribution in [3.05, 3.63) is 71.8 Å². The fourth-order valence-corrected chi connectivity index (χ4v) is 7.47. The summed E-state index contributed by atoms with van der Waals surface area (Å²) in [5.41, 5.74) is 0.0783. The van der Waals surface area contributed by atoms with Crippen LogP contribution in [0.25, 0.3) is 0 Å². The van der Waals surface area contributed by atoms with Crippen LogP contribution in [0, 0.1) is 0 Å². The first-order chi connectivity index (χ1) is 32.2. The Labute approximate surface area is 389 Å². The van der Waals surface area contributed by atoms with Gasteiger partial charge < -0.3 is 66.3 Å². The number of hydrogen-bond donors (Lipinski definition) is 0. The van der Waals surface area contributed by atoms with E-state index in [0.29, 0.717) is 0 Å². The topological polar surface area (TPSA) is 283 Å². The van der Waals surface area contributed by atoms with Crippen molar-refractivity contribution >= 4 is 53.7 Å². The molecule has 1 unspecified atom stereocenters. The van der Waals surface area contributed by atoms with E-state index in [2.05, 4.69) is 0 Å². The highest BCUT2D eigenvalue weighted by atomic mass is 16.8. The minimum absolute atomic E-state index is 0.00802. The van der Waals surface area contributed by atoms with Gasteiger partial charge in [-0.2, -0.15) is 0 Å². The molecule has 3 aliphatic heterocycles. The van der Waals surface area contributed by atoms with Gasteiger partial charge in [-0.3, -0.25) is 33.6 Å². The normalized spacial score (nSPS) is 29.9. The van der Waals surface area contributed by atoms with E-state index in [4.69, 9.17) is 66.3 Å². The summed E-state index contributed by atoms with van der Waals surface area (Å²) in [7, 11) is 0. The van der Waals surface area contributed by atoms with E-state index in [9.17, 15) is 43.2 Å². The Morgan fingerprint density at radius 1 is 0.441 bits per heavy atom. The molecule has 0 aromatic heterocycles. The fraction of sp³-hybridized carbons (Fsp3) is 0.533. The lowest BCUT2D eigenvalue weighted by Gasteiger charge is -2.49. The quantitative estimate of drug-likeness (QED) is 0.171. The van der Waals surface area contributed by atoms with Crippen molar-refractivity contribution in [3.63, 3.8) is 0 Å². The summed E-state index contributed by atoms with van der Waals surface area (Å²) in [5, 5.41) is 0. The molecule has 0 aliphatic carbocycles. The molecule has 23 heteroatoms. The first-order valence-corrected chi connectivity index (χ1v) is 21.1. The molecule has 0 N–H and O–H groups in total. The van der Waals surface area contributed by atoms with Crippen LogP contribution < -0.4 is 0 Å². The third-order valence-corrected chi connectivity index (χ3v) is 10.0. The van der Waals surface area contributed by atoms with Crippen molar-refractivity contribution in [1.29, 1.82) is 0 Å². The number of ether oxygens (including phenoxy) is 14. The lowest BCUT2D eigenvalue weighted by Crippen LogP contribution is -2.68. The van der Waals surface area contributed by atoms with Crippen LogP contribution >= 0.6 is 0 Å². The largest absolute Gasteiger partial charge is 0.463 e. The standard InChI is InChI=1S/C45H52O23/c1-21-33(65-41(53)29-15-11-9-12-16-29)36(66-42(54)30-17-13-10-14-18-30)40(68-43-38(61-26(6)50)35(60-25(5)49)31(20-56-43)58-23(3)47)44(57-21)67-37-34(59-24(4)48)32(19-55-22(2)46)64-45(63-28(8)52)39(37)62-27(7)51/h9-18,21,31-40,43-45H,19-20H2,1-8H3/t21-,31-,32+,33-,34+,35-,36+,37-,38+,39+,40+,43-,44-,45?/m0/s1. The number of rotatable bonds is 16. The fourth-order valence-electron chi connectivity index (χ4n) is 7.47. The second kappa shape index (κ2) is 24.0. The highest BCUT2D eigenvalue weighted by molar-refractivity contribution is 5.90. The Morgan fingerprint density at radius 2 is 0.897 bits per heavy atom. The molecule has 0 saturated carbocycles. The van der Waals surface area contributed by atoms with Gasteiger partial charge in [-0.05, 0) is 31.2 Å². The summed E-state index contributed by atoms with van der Waals surface area (Å²) in [6.45, 7) is 7.46.